The second-order valence-corrected chi connectivity index (χ2v) is 7.77. The fourth-order valence-corrected chi connectivity index (χ4v) is 3.08. The first-order valence-corrected chi connectivity index (χ1v) is 9.08. The number of carbonyl (C=O) groups is 2. The highest BCUT2D eigenvalue weighted by atomic mass is 32.2. The second-order valence-electron chi connectivity index (χ2n) is 5.61. The average molecular weight is 378 g/mol. The van der Waals surface area contributed by atoms with Crippen molar-refractivity contribution in [1.82, 2.24) is 4.31 Å². The summed E-state index contributed by atoms with van der Waals surface area (Å²) >= 11 is 0. The number of hydrogen-bond acceptors (Lipinski definition) is 5. The van der Waals surface area contributed by atoms with Crippen molar-refractivity contribution in [2.24, 2.45) is 0 Å². The van der Waals surface area contributed by atoms with Gasteiger partial charge in [0.05, 0.1) is 17.6 Å². The van der Waals surface area contributed by atoms with E-state index in [-0.39, 0.29) is 17.3 Å². The molecule has 0 saturated carbocycles. The number of methoxy groups -OCH3 is 1. The SMILES string of the molecule is COC(=O)c1cc[n+](CC(=O)Nc2cccc(S(=O)(=O)N(C)C)c2)cc1. The highest BCUT2D eigenvalue weighted by Crippen LogP contribution is 2.17. The van der Waals surface area contributed by atoms with E-state index in [1.807, 2.05) is 0 Å². The summed E-state index contributed by atoms with van der Waals surface area (Å²) in [5.74, 6) is -0.791. The Hall–Kier alpha value is -2.78. The third kappa shape index (κ3) is 4.64. The summed E-state index contributed by atoms with van der Waals surface area (Å²) in [6.45, 7) is 0.00606. The highest BCUT2D eigenvalue weighted by molar-refractivity contribution is 7.89. The van der Waals surface area contributed by atoms with Gasteiger partial charge in [-0.15, -0.1) is 0 Å². The average Bonchev–Trinajstić information content (AvgIpc) is 2.61. The van der Waals surface area contributed by atoms with Crippen molar-refractivity contribution in [3.63, 3.8) is 0 Å². The number of pyridine rings is 1. The number of amides is 1. The predicted octanol–water partition coefficient (Wildman–Crippen LogP) is 0.650. The molecule has 1 heterocycles. The zero-order valence-corrected chi connectivity index (χ0v) is 15.5. The molecule has 0 radical (unpaired) electrons. The fourth-order valence-electron chi connectivity index (χ4n) is 2.13. The number of esters is 1. The summed E-state index contributed by atoms with van der Waals surface area (Å²) in [5, 5.41) is 2.66. The monoisotopic (exact) mass is 378 g/mol. The quantitative estimate of drug-likeness (QED) is 0.588. The van der Waals surface area contributed by atoms with Crippen LogP contribution in [0.5, 0.6) is 0 Å². The third-order valence-electron chi connectivity index (χ3n) is 3.53. The van der Waals surface area contributed by atoms with Crippen LogP contribution in [-0.2, 0) is 26.1 Å². The lowest BCUT2D eigenvalue weighted by Crippen LogP contribution is -2.39. The van der Waals surface area contributed by atoms with Crippen LogP contribution in [0.2, 0.25) is 0 Å². The minimum atomic E-state index is -3.58. The Morgan fingerprint density at radius 2 is 1.81 bits per heavy atom. The van der Waals surface area contributed by atoms with Crippen LogP contribution in [0.3, 0.4) is 0 Å². The number of carbonyl (C=O) groups excluding carboxylic acids is 2. The normalized spacial score (nSPS) is 11.2. The van der Waals surface area contributed by atoms with E-state index in [2.05, 4.69) is 10.1 Å². The number of anilines is 1. The Morgan fingerprint density at radius 1 is 1.15 bits per heavy atom. The lowest BCUT2D eigenvalue weighted by molar-refractivity contribution is -0.684. The molecule has 1 N–H and O–H groups in total. The van der Waals surface area contributed by atoms with E-state index in [1.54, 1.807) is 41.2 Å². The van der Waals surface area contributed by atoms with Crippen molar-refractivity contribution in [3.8, 4) is 0 Å². The molecule has 0 aliphatic heterocycles. The van der Waals surface area contributed by atoms with Crippen LogP contribution in [0.1, 0.15) is 10.4 Å². The molecular formula is C17H20N3O5S+. The van der Waals surface area contributed by atoms with Crippen LogP contribution in [0.4, 0.5) is 5.69 Å². The highest BCUT2D eigenvalue weighted by Gasteiger charge is 2.18. The molecule has 0 aliphatic carbocycles. The van der Waals surface area contributed by atoms with Crippen molar-refractivity contribution in [1.29, 1.82) is 0 Å². The number of nitrogens with one attached hydrogen (secondary N) is 1. The summed E-state index contributed by atoms with van der Waals surface area (Å²) in [7, 11) is 0.596. The largest absolute Gasteiger partial charge is 0.465 e. The molecular weight excluding hydrogens is 358 g/mol. The molecule has 0 unspecified atom stereocenters. The number of hydrogen-bond donors (Lipinski definition) is 1. The van der Waals surface area contributed by atoms with Crippen LogP contribution in [-0.4, -0.2) is 45.8 Å². The van der Waals surface area contributed by atoms with Gasteiger partial charge in [0.25, 0.3) is 5.91 Å². The molecule has 0 saturated heterocycles. The fraction of sp³-hybridized carbons (Fsp3) is 0.235. The molecule has 138 valence electrons. The van der Waals surface area contributed by atoms with E-state index in [9.17, 15) is 18.0 Å². The van der Waals surface area contributed by atoms with Crippen LogP contribution in [0.15, 0.2) is 53.7 Å². The molecule has 1 amide bonds. The van der Waals surface area contributed by atoms with Gasteiger partial charge in [-0.3, -0.25) is 4.79 Å². The van der Waals surface area contributed by atoms with E-state index >= 15 is 0 Å². The number of ether oxygens (including phenoxy) is 1. The van der Waals surface area contributed by atoms with Gasteiger partial charge < -0.3 is 10.1 Å². The third-order valence-corrected chi connectivity index (χ3v) is 5.35. The molecule has 2 aromatic rings. The number of nitrogens with zero attached hydrogens (tertiary/aromatic N) is 2. The van der Waals surface area contributed by atoms with Crippen LogP contribution >= 0.6 is 0 Å². The van der Waals surface area contributed by atoms with Crippen molar-refractivity contribution in [2.45, 2.75) is 11.4 Å². The molecule has 1 aromatic heterocycles. The summed E-state index contributed by atoms with van der Waals surface area (Å²) in [6, 6.07) is 9.12. The van der Waals surface area contributed by atoms with Gasteiger partial charge in [0.1, 0.15) is 0 Å². The first-order chi connectivity index (χ1) is 12.2. The van der Waals surface area contributed by atoms with E-state index < -0.39 is 16.0 Å². The lowest BCUT2D eigenvalue weighted by Gasteiger charge is -2.12. The number of aromatic nitrogens is 1. The Morgan fingerprint density at radius 3 is 2.38 bits per heavy atom. The minimum absolute atomic E-state index is 0.00606. The first kappa shape index (κ1) is 19.5. The van der Waals surface area contributed by atoms with Gasteiger partial charge in [0.15, 0.2) is 12.4 Å². The summed E-state index contributed by atoms with van der Waals surface area (Å²) < 4.78 is 31.6. The molecule has 2 rings (SSSR count). The maximum absolute atomic E-state index is 12.2. The lowest BCUT2D eigenvalue weighted by atomic mass is 10.3. The summed E-state index contributed by atoms with van der Waals surface area (Å²) in [6.07, 6.45) is 3.16. The Bertz CT molecular complexity index is 908. The van der Waals surface area contributed by atoms with E-state index in [0.717, 1.165) is 4.31 Å². The van der Waals surface area contributed by atoms with Crippen LogP contribution in [0, 0.1) is 0 Å². The smallest absolute Gasteiger partial charge is 0.338 e. The summed E-state index contributed by atoms with van der Waals surface area (Å²) in [5.41, 5.74) is 0.760. The molecule has 26 heavy (non-hydrogen) atoms. The van der Waals surface area contributed by atoms with Gasteiger partial charge in [0.2, 0.25) is 16.6 Å². The Labute approximate surface area is 152 Å². The summed E-state index contributed by atoms with van der Waals surface area (Å²) in [4.78, 5) is 23.6. The van der Waals surface area contributed by atoms with Gasteiger partial charge >= 0.3 is 5.97 Å². The number of rotatable bonds is 6. The topological polar surface area (TPSA) is 96.7 Å². The van der Waals surface area contributed by atoms with Gasteiger partial charge in [-0.05, 0) is 18.2 Å². The maximum Gasteiger partial charge on any atom is 0.338 e. The van der Waals surface area contributed by atoms with Crippen LogP contribution < -0.4 is 9.88 Å². The molecule has 0 fully saturated rings. The predicted molar refractivity (Wildman–Crippen MR) is 93.9 cm³/mol. The van der Waals surface area contributed by atoms with Crippen molar-refractivity contribution in [3.05, 3.63) is 54.4 Å². The first-order valence-electron chi connectivity index (χ1n) is 7.64. The van der Waals surface area contributed by atoms with Crippen molar-refractivity contribution >= 4 is 27.6 Å². The van der Waals surface area contributed by atoms with Gasteiger partial charge in [-0.1, -0.05) is 6.07 Å². The van der Waals surface area contributed by atoms with Crippen LogP contribution in [0.25, 0.3) is 0 Å². The van der Waals surface area contributed by atoms with Gasteiger partial charge in [0, 0.05) is 31.9 Å². The number of benzene rings is 1. The standard InChI is InChI=1S/C17H19N3O5S/c1-19(2)26(23,24)15-6-4-5-14(11-15)18-16(21)12-20-9-7-13(8-10-20)17(22)25-3/h4-11H,12H2,1-3H3/p+1. The maximum atomic E-state index is 12.2. The molecule has 1 aromatic carbocycles. The number of sulfonamides is 1. The van der Waals surface area contributed by atoms with Gasteiger partial charge in [-0.25, -0.2) is 17.5 Å². The second kappa shape index (κ2) is 8.07. The minimum Gasteiger partial charge on any atom is -0.465 e. The molecule has 8 nitrogen and oxygen atoms in total. The zero-order valence-electron chi connectivity index (χ0n) is 14.7. The molecule has 0 bridgehead atoms. The van der Waals surface area contributed by atoms with Crippen molar-refractivity contribution < 1.29 is 27.3 Å². The molecule has 0 spiro atoms. The van der Waals surface area contributed by atoms with E-state index in [0.29, 0.717) is 11.3 Å². The van der Waals surface area contributed by atoms with Gasteiger partial charge in [-0.2, -0.15) is 4.57 Å². The molecule has 0 atom stereocenters. The van der Waals surface area contributed by atoms with Crippen molar-refractivity contribution in [2.75, 3.05) is 26.5 Å². The zero-order chi connectivity index (χ0) is 19.3. The van der Waals surface area contributed by atoms with E-state index in [4.69, 9.17) is 0 Å². The van der Waals surface area contributed by atoms with E-state index in [1.165, 1.54) is 33.3 Å². The Kier molecular flexibility index (Phi) is 6.06. The molecule has 0 aliphatic rings. The molecule has 9 heteroatoms. The Balaban J connectivity index is 2.07.